The van der Waals surface area contributed by atoms with Crippen molar-refractivity contribution in [3.05, 3.63) is 12.2 Å². The smallest absolute Gasteiger partial charge is 0.138 e. The van der Waals surface area contributed by atoms with Crippen molar-refractivity contribution in [2.24, 2.45) is 11.3 Å². The topological polar surface area (TPSA) is 54.5 Å². The van der Waals surface area contributed by atoms with Crippen molar-refractivity contribution in [2.45, 2.75) is 58.9 Å². The van der Waals surface area contributed by atoms with Gasteiger partial charge in [-0.2, -0.15) is 10.4 Å². The van der Waals surface area contributed by atoms with Crippen LogP contribution in [-0.4, -0.2) is 14.8 Å². The maximum Gasteiger partial charge on any atom is 0.138 e. The lowest BCUT2D eigenvalue weighted by Gasteiger charge is -2.34. The van der Waals surface area contributed by atoms with Gasteiger partial charge in [-0.05, 0) is 25.2 Å². The fraction of sp³-hybridized carbons (Fsp3) is 0.786. The number of hydrogen-bond donors (Lipinski definition) is 0. The van der Waals surface area contributed by atoms with Crippen LogP contribution < -0.4 is 0 Å². The highest BCUT2D eigenvalue weighted by molar-refractivity contribution is 5.07. The number of nitrogens with zero attached hydrogens (tertiary/aromatic N) is 4. The zero-order valence-corrected chi connectivity index (χ0v) is 11.4. The number of rotatable bonds is 4. The van der Waals surface area contributed by atoms with Crippen LogP contribution in [0.25, 0.3) is 0 Å². The van der Waals surface area contributed by atoms with Crippen LogP contribution in [0.4, 0.5) is 0 Å². The molecule has 2 atom stereocenters. The van der Waals surface area contributed by atoms with E-state index in [0.29, 0.717) is 5.92 Å². The highest BCUT2D eigenvalue weighted by Crippen LogP contribution is 2.41. The van der Waals surface area contributed by atoms with E-state index in [2.05, 4.69) is 30.0 Å². The van der Waals surface area contributed by atoms with Crippen LogP contribution in [0.3, 0.4) is 0 Å². The normalized spacial score (nSPS) is 27.9. The number of nitriles is 1. The van der Waals surface area contributed by atoms with Gasteiger partial charge in [0, 0.05) is 13.0 Å². The minimum atomic E-state index is -0.212. The van der Waals surface area contributed by atoms with Crippen LogP contribution in [0.15, 0.2) is 6.33 Å². The summed E-state index contributed by atoms with van der Waals surface area (Å²) < 4.78 is 1.96. The van der Waals surface area contributed by atoms with E-state index in [-0.39, 0.29) is 5.41 Å². The van der Waals surface area contributed by atoms with Gasteiger partial charge < -0.3 is 0 Å². The predicted octanol–water partition coefficient (Wildman–Crippen LogP) is 2.95. The summed E-state index contributed by atoms with van der Waals surface area (Å²) in [5.41, 5.74) is -0.212. The molecule has 1 fully saturated rings. The van der Waals surface area contributed by atoms with E-state index in [9.17, 15) is 5.26 Å². The number of aryl methyl sites for hydroxylation is 1. The monoisotopic (exact) mass is 246 g/mol. The van der Waals surface area contributed by atoms with Gasteiger partial charge in [0.15, 0.2) is 0 Å². The number of aromatic nitrogens is 3. The molecule has 98 valence electrons. The van der Waals surface area contributed by atoms with Crippen molar-refractivity contribution in [1.82, 2.24) is 14.8 Å². The Kier molecular flexibility index (Phi) is 4.00. The van der Waals surface area contributed by atoms with Gasteiger partial charge >= 0.3 is 0 Å². The van der Waals surface area contributed by atoms with E-state index in [0.717, 1.165) is 44.5 Å². The molecule has 0 bridgehead atoms. The highest BCUT2D eigenvalue weighted by atomic mass is 15.3. The van der Waals surface area contributed by atoms with Gasteiger partial charge in [0.1, 0.15) is 12.2 Å². The summed E-state index contributed by atoms with van der Waals surface area (Å²) >= 11 is 0. The van der Waals surface area contributed by atoms with E-state index in [4.69, 9.17) is 0 Å². The molecular formula is C14H22N4. The third-order valence-corrected chi connectivity index (χ3v) is 3.96. The Bertz CT molecular complexity index is 431. The third-order valence-electron chi connectivity index (χ3n) is 3.96. The summed E-state index contributed by atoms with van der Waals surface area (Å²) in [6.07, 6.45) is 7.85. The molecule has 0 aliphatic heterocycles. The summed E-state index contributed by atoms with van der Waals surface area (Å²) in [7, 11) is 0. The molecule has 1 heterocycles. The summed E-state index contributed by atoms with van der Waals surface area (Å²) in [5.74, 6) is 1.63. The zero-order chi connectivity index (χ0) is 13.0. The Balaban J connectivity index is 2.15. The second-order valence-corrected chi connectivity index (χ2v) is 5.67. The quantitative estimate of drug-likeness (QED) is 0.820. The summed E-state index contributed by atoms with van der Waals surface area (Å²) in [4.78, 5) is 4.35. The van der Waals surface area contributed by atoms with Crippen LogP contribution in [0, 0.1) is 22.7 Å². The van der Waals surface area contributed by atoms with Gasteiger partial charge in [-0.25, -0.2) is 4.98 Å². The first-order chi connectivity index (χ1) is 8.69. The van der Waals surface area contributed by atoms with E-state index in [1.807, 2.05) is 4.68 Å². The van der Waals surface area contributed by atoms with Crippen LogP contribution in [0.5, 0.6) is 0 Å². The molecule has 0 spiro atoms. The maximum absolute atomic E-state index is 9.57. The molecule has 1 aliphatic rings. The Hall–Kier alpha value is -1.37. The molecule has 1 aromatic heterocycles. The number of hydrogen-bond acceptors (Lipinski definition) is 3. The van der Waals surface area contributed by atoms with Crippen molar-refractivity contribution in [2.75, 3.05) is 0 Å². The fourth-order valence-electron chi connectivity index (χ4n) is 3.09. The first-order valence-electron chi connectivity index (χ1n) is 6.97. The lowest BCUT2D eigenvalue weighted by Crippen LogP contribution is -2.30. The Morgan fingerprint density at radius 2 is 2.44 bits per heavy atom. The molecule has 1 aromatic rings. The molecule has 0 saturated heterocycles. The van der Waals surface area contributed by atoms with E-state index < -0.39 is 0 Å². The molecule has 2 rings (SSSR count). The van der Waals surface area contributed by atoms with Crippen molar-refractivity contribution in [3.63, 3.8) is 0 Å². The minimum Gasteiger partial charge on any atom is -0.250 e. The first kappa shape index (κ1) is 13.1. The van der Waals surface area contributed by atoms with Gasteiger partial charge in [0.05, 0.1) is 11.5 Å². The van der Waals surface area contributed by atoms with Gasteiger partial charge in [0.2, 0.25) is 0 Å². The van der Waals surface area contributed by atoms with Gasteiger partial charge in [0.25, 0.3) is 0 Å². The lowest BCUT2D eigenvalue weighted by molar-refractivity contribution is 0.204. The predicted molar refractivity (Wildman–Crippen MR) is 69.7 cm³/mol. The van der Waals surface area contributed by atoms with Gasteiger partial charge in [-0.15, -0.1) is 0 Å². The summed E-state index contributed by atoms with van der Waals surface area (Å²) in [5, 5.41) is 13.8. The molecule has 0 amide bonds. The minimum absolute atomic E-state index is 0.212. The van der Waals surface area contributed by atoms with E-state index >= 15 is 0 Å². The Morgan fingerprint density at radius 3 is 3.11 bits per heavy atom. The Labute approximate surface area is 109 Å². The molecule has 1 aliphatic carbocycles. The Morgan fingerprint density at radius 1 is 1.61 bits per heavy atom. The molecule has 0 N–H and O–H groups in total. The average molecular weight is 246 g/mol. The molecular weight excluding hydrogens is 224 g/mol. The molecule has 4 heteroatoms. The average Bonchev–Trinajstić information content (AvgIpc) is 2.77. The maximum atomic E-state index is 9.57. The first-order valence-corrected chi connectivity index (χ1v) is 6.97. The van der Waals surface area contributed by atoms with Crippen LogP contribution >= 0.6 is 0 Å². The molecule has 0 radical (unpaired) electrons. The summed E-state index contributed by atoms with van der Waals surface area (Å²) in [6, 6.07) is 2.57. The van der Waals surface area contributed by atoms with Crippen molar-refractivity contribution < 1.29 is 0 Å². The highest BCUT2D eigenvalue weighted by Gasteiger charge is 2.36. The molecule has 2 unspecified atom stereocenters. The molecule has 1 saturated carbocycles. The van der Waals surface area contributed by atoms with Crippen molar-refractivity contribution in [1.29, 1.82) is 5.26 Å². The molecule has 18 heavy (non-hydrogen) atoms. The third kappa shape index (κ3) is 2.72. The zero-order valence-electron chi connectivity index (χ0n) is 11.4. The van der Waals surface area contributed by atoms with Crippen LogP contribution in [0.1, 0.15) is 51.8 Å². The fourth-order valence-corrected chi connectivity index (χ4v) is 3.09. The largest absolute Gasteiger partial charge is 0.250 e. The van der Waals surface area contributed by atoms with E-state index in [1.54, 1.807) is 6.33 Å². The van der Waals surface area contributed by atoms with Crippen molar-refractivity contribution in [3.8, 4) is 6.07 Å². The van der Waals surface area contributed by atoms with Crippen molar-refractivity contribution >= 4 is 0 Å². The van der Waals surface area contributed by atoms with Gasteiger partial charge in [-0.1, -0.05) is 26.7 Å². The second kappa shape index (κ2) is 5.51. The van der Waals surface area contributed by atoms with Crippen LogP contribution in [-0.2, 0) is 13.0 Å². The second-order valence-electron chi connectivity index (χ2n) is 5.67. The molecule has 0 aromatic carbocycles. The molecule has 4 nitrogen and oxygen atoms in total. The van der Waals surface area contributed by atoms with Crippen LogP contribution in [0.2, 0.25) is 0 Å². The lowest BCUT2D eigenvalue weighted by atomic mass is 9.69. The standard InChI is InChI=1S/C14H22N4/c1-3-7-18-13(16-11-17-18)9-14(10-15)6-4-5-12(2)8-14/h11-12H,3-9H2,1-2H3. The SMILES string of the molecule is CCCn1ncnc1CC1(C#N)CCCC(C)C1. The van der Waals surface area contributed by atoms with E-state index in [1.165, 1.54) is 6.42 Å². The summed E-state index contributed by atoms with van der Waals surface area (Å²) in [6.45, 7) is 5.28. The van der Waals surface area contributed by atoms with Gasteiger partial charge in [-0.3, -0.25) is 4.68 Å².